The van der Waals surface area contributed by atoms with Gasteiger partial charge in [0.1, 0.15) is 0 Å². The van der Waals surface area contributed by atoms with Crippen LogP contribution in [-0.4, -0.2) is 11.2 Å². The Kier molecular flexibility index (Phi) is 3.63. The molecule has 94 valence electrons. The number of hydrogen-bond donors (Lipinski definition) is 1. The molecule has 4 atom stereocenters. The summed E-state index contributed by atoms with van der Waals surface area (Å²) >= 11 is 0. The molecule has 0 bridgehead atoms. The van der Waals surface area contributed by atoms with Gasteiger partial charge in [-0.05, 0) is 48.9 Å². The highest BCUT2D eigenvalue weighted by atomic mass is 16.3. The van der Waals surface area contributed by atoms with Crippen molar-refractivity contribution < 1.29 is 5.11 Å². The average Bonchev–Trinajstić information content (AvgIpc) is 2.58. The Hall–Kier alpha value is -0.0400. The highest BCUT2D eigenvalue weighted by Gasteiger charge is 2.39. The van der Waals surface area contributed by atoms with E-state index in [0.717, 1.165) is 18.3 Å². The zero-order chi connectivity index (χ0) is 11.8. The van der Waals surface area contributed by atoms with Crippen LogP contribution in [0.1, 0.15) is 65.7 Å². The Morgan fingerprint density at radius 2 is 1.88 bits per heavy atom. The third-order valence-electron chi connectivity index (χ3n) is 5.35. The molecule has 1 N–H and O–H groups in total. The van der Waals surface area contributed by atoms with Crippen LogP contribution in [0.4, 0.5) is 0 Å². The molecular formula is C15H28O. The predicted molar refractivity (Wildman–Crippen MR) is 68.3 cm³/mol. The van der Waals surface area contributed by atoms with Gasteiger partial charge in [0.25, 0.3) is 0 Å². The summed E-state index contributed by atoms with van der Waals surface area (Å²) in [5.41, 5.74) is 0.500. The zero-order valence-corrected chi connectivity index (χ0v) is 11.2. The fourth-order valence-electron chi connectivity index (χ4n) is 4.21. The molecule has 0 heterocycles. The van der Waals surface area contributed by atoms with Crippen LogP contribution in [-0.2, 0) is 0 Å². The molecule has 2 rings (SSSR count). The summed E-state index contributed by atoms with van der Waals surface area (Å²) in [7, 11) is 0. The van der Waals surface area contributed by atoms with Crippen molar-refractivity contribution >= 4 is 0 Å². The van der Waals surface area contributed by atoms with Crippen LogP contribution in [0, 0.1) is 23.2 Å². The summed E-state index contributed by atoms with van der Waals surface area (Å²) in [4.78, 5) is 0. The minimum Gasteiger partial charge on any atom is -0.393 e. The number of hydrogen-bond acceptors (Lipinski definition) is 1. The predicted octanol–water partition coefficient (Wildman–Crippen LogP) is 4.00. The van der Waals surface area contributed by atoms with Gasteiger partial charge in [-0.15, -0.1) is 0 Å². The molecule has 1 heteroatoms. The SMILES string of the molecule is CC1CCCC(C)(C)C1CC1CCCC1O. The van der Waals surface area contributed by atoms with Crippen molar-refractivity contribution in [3.63, 3.8) is 0 Å². The first-order valence-corrected chi connectivity index (χ1v) is 7.19. The normalized spacial score (nSPS) is 43.5. The van der Waals surface area contributed by atoms with E-state index in [4.69, 9.17) is 0 Å². The maximum Gasteiger partial charge on any atom is 0.0568 e. The summed E-state index contributed by atoms with van der Waals surface area (Å²) < 4.78 is 0. The van der Waals surface area contributed by atoms with E-state index in [2.05, 4.69) is 20.8 Å². The zero-order valence-electron chi connectivity index (χ0n) is 11.2. The monoisotopic (exact) mass is 224 g/mol. The first kappa shape index (κ1) is 12.4. The molecule has 0 amide bonds. The van der Waals surface area contributed by atoms with Gasteiger partial charge in [-0.3, -0.25) is 0 Å². The van der Waals surface area contributed by atoms with Crippen LogP contribution < -0.4 is 0 Å². The molecule has 2 fully saturated rings. The lowest BCUT2D eigenvalue weighted by Crippen LogP contribution is -2.36. The molecule has 4 unspecified atom stereocenters. The number of aliphatic hydroxyl groups excluding tert-OH is 1. The first-order chi connectivity index (χ1) is 7.50. The molecule has 2 aliphatic rings. The first-order valence-electron chi connectivity index (χ1n) is 7.19. The van der Waals surface area contributed by atoms with E-state index in [9.17, 15) is 5.11 Å². The Labute approximate surface area is 101 Å². The van der Waals surface area contributed by atoms with Crippen LogP contribution >= 0.6 is 0 Å². The standard InChI is InChI=1S/C15H28O/c1-11-6-5-9-15(2,3)13(11)10-12-7-4-8-14(12)16/h11-14,16H,4-10H2,1-3H3. The third kappa shape index (κ3) is 2.45. The van der Waals surface area contributed by atoms with Crippen LogP contribution in [0.3, 0.4) is 0 Å². The van der Waals surface area contributed by atoms with E-state index in [1.54, 1.807) is 0 Å². The van der Waals surface area contributed by atoms with Crippen LogP contribution in [0.2, 0.25) is 0 Å². The van der Waals surface area contributed by atoms with Gasteiger partial charge < -0.3 is 5.11 Å². The van der Waals surface area contributed by atoms with E-state index in [0.29, 0.717) is 11.3 Å². The van der Waals surface area contributed by atoms with Crippen LogP contribution in [0.5, 0.6) is 0 Å². The molecule has 0 aromatic heterocycles. The molecule has 2 saturated carbocycles. The van der Waals surface area contributed by atoms with Crippen molar-refractivity contribution in [3.05, 3.63) is 0 Å². The Balaban J connectivity index is 2.00. The van der Waals surface area contributed by atoms with E-state index in [1.165, 1.54) is 38.5 Å². The quantitative estimate of drug-likeness (QED) is 0.751. The second-order valence-electron chi connectivity index (χ2n) is 6.96. The van der Waals surface area contributed by atoms with Gasteiger partial charge in [-0.25, -0.2) is 0 Å². The molecule has 0 aromatic rings. The van der Waals surface area contributed by atoms with Crippen molar-refractivity contribution in [1.82, 2.24) is 0 Å². The fraction of sp³-hybridized carbons (Fsp3) is 1.00. The maximum absolute atomic E-state index is 9.98. The second-order valence-corrected chi connectivity index (χ2v) is 6.96. The van der Waals surface area contributed by atoms with Crippen molar-refractivity contribution in [1.29, 1.82) is 0 Å². The summed E-state index contributed by atoms with van der Waals surface area (Å²) in [6.07, 6.45) is 9.01. The lowest BCUT2D eigenvalue weighted by molar-refractivity contribution is 0.0357. The molecule has 0 aromatic carbocycles. The average molecular weight is 224 g/mol. The maximum atomic E-state index is 9.98. The second kappa shape index (κ2) is 4.68. The molecule has 0 saturated heterocycles. The topological polar surface area (TPSA) is 20.2 Å². The highest BCUT2D eigenvalue weighted by Crippen LogP contribution is 2.48. The molecule has 2 aliphatic carbocycles. The Morgan fingerprint density at radius 1 is 1.12 bits per heavy atom. The Morgan fingerprint density at radius 3 is 2.44 bits per heavy atom. The molecular weight excluding hydrogens is 196 g/mol. The summed E-state index contributed by atoms with van der Waals surface area (Å²) in [5, 5.41) is 9.98. The van der Waals surface area contributed by atoms with Crippen LogP contribution in [0.15, 0.2) is 0 Å². The van der Waals surface area contributed by atoms with Gasteiger partial charge >= 0.3 is 0 Å². The van der Waals surface area contributed by atoms with Crippen molar-refractivity contribution in [3.8, 4) is 0 Å². The highest BCUT2D eigenvalue weighted by molar-refractivity contribution is 4.90. The third-order valence-corrected chi connectivity index (χ3v) is 5.35. The van der Waals surface area contributed by atoms with E-state index in [1.807, 2.05) is 0 Å². The number of aliphatic hydroxyl groups is 1. The van der Waals surface area contributed by atoms with Crippen molar-refractivity contribution in [2.24, 2.45) is 23.2 Å². The lowest BCUT2D eigenvalue weighted by atomic mass is 9.61. The van der Waals surface area contributed by atoms with Gasteiger partial charge in [-0.1, -0.05) is 40.0 Å². The molecule has 0 radical (unpaired) electrons. The molecule has 16 heavy (non-hydrogen) atoms. The van der Waals surface area contributed by atoms with Crippen LogP contribution in [0.25, 0.3) is 0 Å². The minimum atomic E-state index is 0.00456. The molecule has 0 aliphatic heterocycles. The van der Waals surface area contributed by atoms with Gasteiger partial charge in [-0.2, -0.15) is 0 Å². The van der Waals surface area contributed by atoms with E-state index in [-0.39, 0.29) is 6.10 Å². The molecule has 0 spiro atoms. The van der Waals surface area contributed by atoms with Gasteiger partial charge in [0.05, 0.1) is 6.10 Å². The summed E-state index contributed by atoms with van der Waals surface area (Å²) in [6.45, 7) is 7.30. The number of rotatable bonds is 2. The minimum absolute atomic E-state index is 0.00456. The smallest absolute Gasteiger partial charge is 0.0568 e. The van der Waals surface area contributed by atoms with Crippen molar-refractivity contribution in [2.75, 3.05) is 0 Å². The summed E-state index contributed by atoms with van der Waals surface area (Å²) in [6, 6.07) is 0. The van der Waals surface area contributed by atoms with E-state index >= 15 is 0 Å². The van der Waals surface area contributed by atoms with Gasteiger partial charge in [0.2, 0.25) is 0 Å². The van der Waals surface area contributed by atoms with E-state index < -0.39 is 0 Å². The van der Waals surface area contributed by atoms with Crippen molar-refractivity contribution in [2.45, 2.75) is 71.8 Å². The summed E-state index contributed by atoms with van der Waals surface area (Å²) in [5.74, 6) is 2.29. The van der Waals surface area contributed by atoms with Gasteiger partial charge in [0.15, 0.2) is 0 Å². The van der Waals surface area contributed by atoms with Gasteiger partial charge in [0, 0.05) is 0 Å². The lowest BCUT2D eigenvalue weighted by Gasteiger charge is -2.44. The fourth-order valence-corrected chi connectivity index (χ4v) is 4.21. The molecule has 1 nitrogen and oxygen atoms in total. The Bertz CT molecular complexity index is 234. The largest absolute Gasteiger partial charge is 0.393 e.